The average Bonchev–Trinajstić information content (AvgIpc) is 1.81. The van der Waals surface area contributed by atoms with Crippen molar-refractivity contribution in [3.8, 4) is 0 Å². The van der Waals surface area contributed by atoms with Crippen molar-refractivity contribution in [1.29, 1.82) is 0 Å². The highest BCUT2D eigenvalue weighted by atomic mass is 16.4. The zero-order valence-electron chi connectivity index (χ0n) is 7.13. The van der Waals surface area contributed by atoms with Crippen LogP contribution in [0.3, 0.4) is 0 Å². The quantitative estimate of drug-likeness (QED) is 0.671. The van der Waals surface area contributed by atoms with Crippen LogP contribution in [0.1, 0.15) is 27.2 Å². The summed E-state index contributed by atoms with van der Waals surface area (Å²) in [6, 6.07) is 0. The topological polar surface area (TPSA) is 54.4 Å². The van der Waals surface area contributed by atoms with Gasteiger partial charge in [0.05, 0.1) is 5.92 Å². The fraction of sp³-hybridized carbons (Fsp3) is 0.750. The lowest BCUT2D eigenvalue weighted by atomic mass is 9.91. The fourth-order valence-electron chi connectivity index (χ4n) is 0.918. The maximum atomic E-state index is 10.6. The maximum Gasteiger partial charge on any atom is 0.307 e. The van der Waals surface area contributed by atoms with Crippen molar-refractivity contribution >= 4 is 11.8 Å². The van der Waals surface area contributed by atoms with E-state index in [1.165, 1.54) is 6.92 Å². The van der Waals surface area contributed by atoms with Gasteiger partial charge in [0, 0.05) is 6.42 Å². The van der Waals surface area contributed by atoms with E-state index in [9.17, 15) is 9.59 Å². The number of ketones is 1. The number of carboxylic acids is 1. The van der Waals surface area contributed by atoms with Gasteiger partial charge >= 0.3 is 5.97 Å². The average molecular weight is 158 g/mol. The minimum Gasteiger partial charge on any atom is -0.481 e. The molecule has 1 atom stereocenters. The molecule has 0 aromatic heterocycles. The smallest absolute Gasteiger partial charge is 0.307 e. The lowest BCUT2D eigenvalue weighted by molar-refractivity contribution is -0.145. The van der Waals surface area contributed by atoms with Gasteiger partial charge < -0.3 is 9.90 Å². The third-order valence-electron chi connectivity index (χ3n) is 1.63. The molecule has 1 unspecified atom stereocenters. The van der Waals surface area contributed by atoms with Crippen molar-refractivity contribution in [3.63, 3.8) is 0 Å². The highest BCUT2D eigenvalue weighted by molar-refractivity contribution is 5.82. The first-order valence-electron chi connectivity index (χ1n) is 3.67. The molecule has 0 aliphatic heterocycles. The van der Waals surface area contributed by atoms with E-state index in [-0.39, 0.29) is 18.1 Å². The van der Waals surface area contributed by atoms with Gasteiger partial charge in [-0.05, 0) is 12.8 Å². The Morgan fingerprint density at radius 1 is 1.36 bits per heavy atom. The van der Waals surface area contributed by atoms with Crippen LogP contribution >= 0.6 is 0 Å². The molecule has 1 N–H and O–H groups in total. The lowest BCUT2D eigenvalue weighted by Crippen LogP contribution is -2.21. The second-order valence-electron chi connectivity index (χ2n) is 3.09. The number of hydrogen-bond acceptors (Lipinski definition) is 2. The lowest BCUT2D eigenvalue weighted by Gasteiger charge is -2.13. The number of hydrogen-bond donors (Lipinski definition) is 1. The summed E-state index contributed by atoms with van der Waals surface area (Å²) in [4.78, 5) is 21.1. The number of carbonyl (C=O) groups excluding carboxylic acids is 1. The molecule has 3 nitrogen and oxygen atoms in total. The second kappa shape index (κ2) is 4.11. The summed E-state index contributed by atoms with van der Waals surface area (Å²) in [6.45, 7) is 5.03. The van der Waals surface area contributed by atoms with E-state index in [2.05, 4.69) is 0 Å². The Morgan fingerprint density at radius 3 is 1.91 bits per heavy atom. The van der Waals surface area contributed by atoms with Crippen LogP contribution in [0.2, 0.25) is 0 Å². The second-order valence-corrected chi connectivity index (χ2v) is 3.09. The third kappa shape index (κ3) is 3.75. The zero-order valence-corrected chi connectivity index (χ0v) is 7.13. The Morgan fingerprint density at radius 2 is 1.82 bits per heavy atom. The van der Waals surface area contributed by atoms with Gasteiger partial charge in [-0.25, -0.2) is 0 Å². The summed E-state index contributed by atoms with van der Waals surface area (Å²) in [7, 11) is 0. The van der Waals surface area contributed by atoms with Gasteiger partial charge in [-0.3, -0.25) is 4.79 Å². The molecular weight excluding hydrogens is 144 g/mol. The van der Waals surface area contributed by atoms with Gasteiger partial charge in [0.25, 0.3) is 0 Å². The number of aliphatic carboxylic acids is 1. The number of rotatable bonds is 4. The molecule has 0 bridgehead atoms. The molecular formula is C8H14O3. The van der Waals surface area contributed by atoms with Gasteiger partial charge in [-0.2, -0.15) is 0 Å². The molecule has 0 aliphatic rings. The number of carboxylic acid groups (broad SMARTS) is 1. The predicted octanol–water partition coefficient (Wildman–Crippen LogP) is 1.32. The zero-order chi connectivity index (χ0) is 9.02. The van der Waals surface area contributed by atoms with Crippen molar-refractivity contribution < 1.29 is 14.7 Å². The van der Waals surface area contributed by atoms with Crippen molar-refractivity contribution in [2.75, 3.05) is 0 Å². The van der Waals surface area contributed by atoms with E-state index in [0.717, 1.165) is 0 Å². The van der Waals surface area contributed by atoms with Crippen LogP contribution in [-0.2, 0) is 9.59 Å². The first kappa shape index (κ1) is 10.1. The summed E-state index contributed by atoms with van der Waals surface area (Å²) >= 11 is 0. The van der Waals surface area contributed by atoms with E-state index in [1.807, 2.05) is 13.8 Å². The molecule has 0 aromatic carbocycles. The molecule has 0 aliphatic carbocycles. The first-order chi connectivity index (χ1) is 4.95. The minimum absolute atomic E-state index is 0.0244. The molecule has 0 aromatic rings. The van der Waals surface area contributed by atoms with E-state index in [1.54, 1.807) is 0 Å². The van der Waals surface area contributed by atoms with Gasteiger partial charge in [0.2, 0.25) is 0 Å². The van der Waals surface area contributed by atoms with Gasteiger partial charge in [0.15, 0.2) is 0 Å². The van der Waals surface area contributed by atoms with E-state index in [4.69, 9.17) is 5.11 Å². The maximum absolute atomic E-state index is 10.6. The van der Waals surface area contributed by atoms with E-state index >= 15 is 0 Å². The minimum atomic E-state index is -0.879. The highest BCUT2D eigenvalue weighted by Gasteiger charge is 2.22. The molecule has 0 radical (unpaired) electrons. The Bertz CT molecular complexity index is 161. The highest BCUT2D eigenvalue weighted by Crippen LogP contribution is 2.15. The van der Waals surface area contributed by atoms with Gasteiger partial charge in [-0.15, -0.1) is 0 Å². The van der Waals surface area contributed by atoms with Crippen molar-refractivity contribution in [3.05, 3.63) is 0 Å². The Labute approximate surface area is 66.4 Å². The third-order valence-corrected chi connectivity index (χ3v) is 1.63. The van der Waals surface area contributed by atoms with Crippen LogP contribution < -0.4 is 0 Å². The summed E-state index contributed by atoms with van der Waals surface area (Å²) in [6.07, 6.45) is 0.146. The van der Waals surface area contributed by atoms with E-state index in [0.29, 0.717) is 0 Å². The van der Waals surface area contributed by atoms with Gasteiger partial charge in [0.1, 0.15) is 5.78 Å². The summed E-state index contributed by atoms with van der Waals surface area (Å²) < 4.78 is 0. The van der Waals surface area contributed by atoms with Gasteiger partial charge in [-0.1, -0.05) is 13.8 Å². The van der Waals surface area contributed by atoms with Crippen LogP contribution in [0.25, 0.3) is 0 Å². The molecule has 0 saturated heterocycles. The predicted molar refractivity (Wildman–Crippen MR) is 41.3 cm³/mol. The van der Waals surface area contributed by atoms with Crippen molar-refractivity contribution in [1.82, 2.24) is 0 Å². The fourth-order valence-corrected chi connectivity index (χ4v) is 0.918. The van der Waals surface area contributed by atoms with Crippen molar-refractivity contribution in [2.24, 2.45) is 11.8 Å². The summed E-state index contributed by atoms with van der Waals surface area (Å²) in [5.41, 5.74) is 0. The summed E-state index contributed by atoms with van der Waals surface area (Å²) in [5, 5.41) is 8.64. The van der Waals surface area contributed by atoms with Crippen LogP contribution in [0, 0.1) is 11.8 Å². The molecule has 11 heavy (non-hydrogen) atoms. The SMILES string of the molecule is CC(=O)CC(C(=O)O)C(C)C. The molecule has 0 spiro atoms. The van der Waals surface area contributed by atoms with E-state index < -0.39 is 11.9 Å². The summed E-state index contributed by atoms with van der Waals surface area (Å²) in [5.74, 6) is -1.44. The molecule has 3 heteroatoms. The largest absolute Gasteiger partial charge is 0.481 e. The van der Waals surface area contributed by atoms with Crippen LogP contribution in [0.5, 0.6) is 0 Å². The molecule has 0 fully saturated rings. The Kier molecular flexibility index (Phi) is 3.79. The molecule has 0 amide bonds. The number of Topliss-reactive ketones (excluding diaryl/α,β-unsaturated/α-hetero) is 1. The first-order valence-corrected chi connectivity index (χ1v) is 3.67. The van der Waals surface area contributed by atoms with Crippen LogP contribution in [0.15, 0.2) is 0 Å². The van der Waals surface area contributed by atoms with Crippen LogP contribution in [0.4, 0.5) is 0 Å². The molecule has 0 saturated carbocycles. The molecule has 64 valence electrons. The normalized spacial score (nSPS) is 13.1. The standard InChI is InChI=1S/C8H14O3/c1-5(2)7(8(10)11)4-6(3)9/h5,7H,4H2,1-3H3,(H,10,11). The Hall–Kier alpha value is -0.860. The number of carbonyl (C=O) groups is 2. The molecule has 0 heterocycles. The monoisotopic (exact) mass is 158 g/mol. The van der Waals surface area contributed by atoms with Crippen LogP contribution in [-0.4, -0.2) is 16.9 Å². The Balaban J connectivity index is 4.12. The molecule has 0 rings (SSSR count). The van der Waals surface area contributed by atoms with Crippen molar-refractivity contribution in [2.45, 2.75) is 27.2 Å².